The van der Waals surface area contributed by atoms with Gasteiger partial charge in [-0.05, 0) is 25.1 Å². The lowest BCUT2D eigenvalue weighted by atomic mass is 10.3. The van der Waals surface area contributed by atoms with Crippen LogP contribution in [0.4, 0.5) is 0 Å². The van der Waals surface area contributed by atoms with E-state index in [1.807, 2.05) is 6.07 Å². The number of rotatable bonds is 3. The summed E-state index contributed by atoms with van der Waals surface area (Å²) in [5.74, 6) is -0.275. The van der Waals surface area contributed by atoms with Crippen molar-refractivity contribution < 1.29 is 9.53 Å². The summed E-state index contributed by atoms with van der Waals surface area (Å²) in [5.41, 5.74) is 5.37. The highest BCUT2D eigenvalue weighted by Gasteiger charge is 2.07. The molecule has 0 radical (unpaired) electrons. The van der Waals surface area contributed by atoms with E-state index in [0.717, 1.165) is 11.3 Å². The number of nitrogens with two attached hydrogens (primary N) is 1. The number of carbonyl (C=O) groups excluding carboxylic acids is 1. The van der Waals surface area contributed by atoms with Crippen LogP contribution in [0.15, 0.2) is 12.1 Å². The van der Waals surface area contributed by atoms with Crippen molar-refractivity contribution in [3.63, 3.8) is 0 Å². The molecule has 0 aromatic carbocycles. The summed E-state index contributed by atoms with van der Waals surface area (Å²) < 4.78 is 4.57. The average Bonchev–Trinajstić information content (AvgIpc) is 2.52. The molecule has 0 amide bonds. The quantitative estimate of drug-likeness (QED) is 0.787. The lowest BCUT2D eigenvalue weighted by Gasteiger charge is -1.92. The zero-order chi connectivity index (χ0) is 8.97. The van der Waals surface area contributed by atoms with Crippen molar-refractivity contribution in [1.82, 2.24) is 0 Å². The van der Waals surface area contributed by atoms with Crippen molar-refractivity contribution >= 4 is 29.7 Å². The Morgan fingerprint density at radius 3 is 2.85 bits per heavy atom. The van der Waals surface area contributed by atoms with Crippen LogP contribution in [0.25, 0.3) is 0 Å². The first-order valence-corrected chi connectivity index (χ1v) is 4.46. The highest BCUT2D eigenvalue weighted by atomic mass is 35.5. The van der Waals surface area contributed by atoms with Gasteiger partial charge >= 0.3 is 5.97 Å². The maximum absolute atomic E-state index is 11.0. The third-order valence-corrected chi connectivity index (χ3v) is 2.56. The first kappa shape index (κ1) is 12.4. The third-order valence-electron chi connectivity index (χ3n) is 1.44. The molecule has 0 fully saturated rings. The number of carbonyl (C=O) groups is 1. The van der Waals surface area contributed by atoms with E-state index in [0.29, 0.717) is 11.4 Å². The molecule has 0 aliphatic carbocycles. The normalized spacial score (nSPS) is 9.08. The summed E-state index contributed by atoms with van der Waals surface area (Å²) in [5, 5.41) is 0. The van der Waals surface area contributed by atoms with Crippen LogP contribution in [-0.4, -0.2) is 19.6 Å². The van der Waals surface area contributed by atoms with E-state index in [2.05, 4.69) is 4.74 Å². The minimum Gasteiger partial charge on any atom is -0.465 e. The van der Waals surface area contributed by atoms with Gasteiger partial charge in [0.2, 0.25) is 0 Å². The van der Waals surface area contributed by atoms with Gasteiger partial charge in [0, 0.05) is 4.88 Å². The molecule has 5 heteroatoms. The number of hydrogen-bond acceptors (Lipinski definition) is 4. The molecular formula is C8H12ClNO2S. The van der Waals surface area contributed by atoms with Gasteiger partial charge in [0.25, 0.3) is 0 Å². The van der Waals surface area contributed by atoms with E-state index in [9.17, 15) is 4.79 Å². The summed E-state index contributed by atoms with van der Waals surface area (Å²) in [7, 11) is 1.38. The van der Waals surface area contributed by atoms with E-state index in [1.54, 1.807) is 6.07 Å². The van der Waals surface area contributed by atoms with E-state index in [-0.39, 0.29) is 18.4 Å². The van der Waals surface area contributed by atoms with Crippen molar-refractivity contribution in [3.05, 3.63) is 21.9 Å². The predicted molar refractivity (Wildman–Crippen MR) is 55.7 cm³/mol. The molecule has 0 aliphatic rings. The zero-order valence-corrected chi connectivity index (χ0v) is 8.91. The molecule has 13 heavy (non-hydrogen) atoms. The predicted octanol–water partition coefficient (Wildman–Crippen LogP) is 1.46. The van der Waals surface area contributed by atoms with Crippen molar-refractivity contribution in [2.24, 2.45) is 5.73 Å². The lowest BCUT2D eigenvalue weighted by molar-refractivity contribution is 0.0606. The van der Waals surface area contributed by atoms with Gasteiger partial charge in [-0.15, -0.1) is 23.7 Å². The fraction of sp³-hybridized carbons (Fsp3) is 0.375. The standard InChI is InChI=1S/C8H11NO2S.ClH/c1-11-8(10)7-3-2-6(12-7)4-5-9;/h2-3H,4-5,9H2,1H3;1H. The molecule has 2 N–H and O–H groups in total. The second-order valence-corrected chi connectivity index (χ2v) is 3.46. The highest BCUT2D eigenvalue weighted by molar-refractivity contribution is 7.13. The third kappa shape index (κ3) is 3.34. The van der Waals surface area contributed by atoms with Crippen LogP contribution in [0.3, 0.4) is 0 Å². The lowest BCUT2D eigenvalue weighted by Crippen LogP contribution is -2.00. The van der Waals surface area contributed by atoms with Gasteiger partial charge in [-0.2, -0.15) is 0 Å². The second-order valence-electron chi connectivity index (χ2n) is 2.30. The molecule has 1 aromatic rings. The second kappa shape index (κ2) is 5.96. The van der Waals surface area contributed by atoms with Gasteiger partial charge in [0.15, 0.2) is 0 Å². The van der Waals surface area contributed by atoms with Crippen LogP contribution >= 0.6 is 23.7 Å². The molecular weight excluding hydrogens is 210 g/mol. The number of ether oxygens (including phenoxy) is 1. The SMILES string of the molecule is COC(=O)c1ccc(CCN)s1.Cl. The minimum atomic E-state index is -0.275. The van der Waals surface area contributed by atoms with E-state index >= 15 is 0 Å². The largest absolute Gasteiger partial charge is 0.465 e. The van der Waals surface area contributed by atoms with Crippen LogP contribution < -0.4 is 5.73 Å². The first-order chi connectivity index (χ1) is 5.77. The molecule has 0 saturated carbocycles. The molecule has 0 aliphatic heterocycles. The van der Waals surface area contributed by atoms with Crippen molar-refractivity contribution in [2.45, 2.75) is 6.42 Å². The Morgan fingerprint density at radius 2 is 2.31 bits per heavy atom. The van der Waals surface area contributed by atoms with Gasteiger partial charge in [-0.1, -0.05) is 0 Å². The van der Waals surface area contributed by atoms with Crippen LogP contribution in [0, 0.1) is 0 Å². The van der Waals surface area contributed by atoms with Crippen LogP contribution in [-0.2, 0) is 11.2 Å². The first-order valence-electron chi connectivity index (χ1n) is 3.65. The minimum absolute atomic E-state index is 0. The Labute approximate surface area is 87.3 Å². The number of halogens is 1. The topological polar surface area (TPSA) is 52.3 Å². The van der Waals surface area contributed by atoms with Gasteiger partial charge < -0.3 is 10.5 Å². The summed E-state index contributed by atoms with van der Waals surface area (Å²) in [6.07, 6.45) is 0.821. The van der Waals surface area contributed by atoms with Crippen molar-refractivity contribution in [1.29, 1.82) is 0 Å². The molecule has 1 rings (SSSR count). The number of thiophene rings is 1. The summed E-state index contributed by atoms with van der Waals surface area (Å²) in [6, 6.07) is 3.67. The monoisotopic (exact) mass is 221 g/mol. The molecule has 74 valence electrons. The van der Waals surface area contributed by atoms with E-state index in [4.69, 9.17) is 5.73 Å². The Balaban J connectivity index is 0.00000144. The number of esters is 1. The summed E-state index contributed by atoms with van der Waals surface area (Å²) in [6.45, 7) is 0.612. The van der Waals surface area contributed by atoms with E-state index in [1.165, 1.54) is 18.4 Å². The molecule has 0 saturated heterocycles. The van der Waals surface area contributed by atoms with Crippen molar-refractivity contribution in [3.8, 4) is 0 Å². The Hall–Kier alpha value is -0.580. The molecule has 3 nitrogen and oxygen atoms in total. The van der Waals surface area contributed by atoms with Crippen LogP contribution in [0.2, 0.25) is 0 Å². The van der Waals surface area contributed by atoms with Gasteiger partial charge in [0.1, 0.15) is 4.88 Å². The highest BCUT2D eigenvalue weighted by Crippen LogP contribution is 2.17. The van der Waals surface area contributed by atoms with E-state index < -0.39 is 0 Å². The molecule has 0 spiro atoms. The fourth-order valence-corrected chi connectivity index (χ4v) is 1.81. The van der Waals surface area contributed by atoms with Crippen LogP contribution in [0.1, 0.15) is 14.5 Å². The Morgan fingerprint density at radius 1 is 1.62 bits per heavy atom. The zero-order valence-electron chi connectivity index (χ0n) is 7.28. The summed E-state index contributed by atoms with van der Waals surface area (Å²) >= 11 is 1.44. The Bertz CT molecular complexity index is 275. The molecule has 1 heterocycles. The maximum Gasteiger partial charge on any atom is 0.348 e. The smallest absolute Gasteiger partial charge is 0.348 e. The molecule has 1 aromatic heterocycles. The number of hydrogen-bond donors (Lipinski definition) is 1. The average molecular weight is 222 g/mol. The molecule has 0 unspecified atom stereocenters. The van der Waals surface area contributed by atoms with Gasteiger partial charge in [-0.3, -0.25) is 0 Å². The van der Waals surface area contributed by atoms with Gasteiger partial charge in [-0.25, -0.2) is 4.79 Å². The van der Waals surface area contributed by atoms with Crippen LogP contribution in [0.5, 0.6) is 0 Å². The fourth-order valence-electron chi connectivity index (χ4n) is 0.865. The molecule has 0 atom stereocenters. The number of methoxy groups -OCH3 is 1. The van der Waals surface area contributed by atoms with Crippen molar-refractivity contribution in [2.75, 3.05) is 13.7 Å². The Kier molecular flexibility index (Phi) is 5.70. The maximum atomic E-state index is 11.0. The summed E-state index contributed by atoms with van der Waals surface area (Å²) in [4.78, 5) is 12.8. The van der Waals surface area contributed by atoms with Gasteiger partial charge in [0.05, 0.1) is 7.11 Å². The molecule has 0 bridgehead atoms.